The van der Waals surface area contributed by atoms with Gasteiger partial charge in [-0.1, -0.05) is 12.5 Å². The molecule has 2 saturated carbocycles. The predicted molar refractivity (Wildman–Crippen MR) is 107 cm³/mol. The SMILES string of the molecule is CC/C(C)=C(/C=C\NC)C1(O)CC2CC(c3nn(C)c(N)c3C=O)CC2C1. The lowest BCUT2D eigenvalue weighted by Gasteiger charge is -2.28. The topological polar surface area (TPSA) is 93.2 Å². The molecule has 1 aromatic rings. The first-order chi connectivity index (χ1) is 12.8. The van der Waals surface area contributed by atoms with Crippen molar-refractivity contribution in [3.8, 4) is 0 Å². The Hall–Kier alpha value is -2.08. The van der Waals surface area contributed by atoms with Crippen molar-refractivity contribution < 1.29 is 9.90 Å². The minimum atomic E-state index is -0.760. The van der Waals surface area contributed by atoms with Gasteiger partial charge in [0.1, 0.15) is 5.82 Å². The smallest absolute Gasteiger partial charge is 0.155 e. The average molecular weight is 373 g/mol. The Morgan fingerprint density at radius 1 is 1.41 bits per heavy atom. The van der Waals surface area contributed by atoms with Gasteiger partial charge in [0.2, 0.25) is 0 Å². The molecule has 1 aromatic heterocycles. The molecule has 0 bridgehead atoms. The molecule has 0 spiro atoms. The summed E-state index contributed by atoms with van der Waals surface area (Å²) >= 11 is 0. The zero-order valence-electron chi connectivity index (χ0n) is 16.8. The van der Waals surface area contributed by atoms with Crippen LogP contribution in [0.3, 0.4) is 0 Å². The van der Waals surface area contributed by atoms with Gasteiger partial charge in [-0.25, -0.2) is 0 Å². The minimum Gasteiger partial charge on any atom is -0.394 e. The standard InChI is InChI=1S/C21H32N4O2/c1-5-13(2)18(6-7-23-3)21(27)10-15-8-14(9-16(15)11-21)19-17(12-26)20(22)25(4)24-19/h6-7,12,14-16,23,27H,5,8-11,22H2,1-4H3/b7-6-,18-13-. The molecule has 2 unspecified atom stereocenters. The molecule has 6 heteroatoms. The summed E-state index contributed by atoms with van der Waals surface area (Å²) in [7, 11) is 3.65. The number of aromatic nitrogens is 2. The first kappa shape index (κ1) is 19.7. The number of hydrogen-bond acceptors (Lipinski definition) is 5. The first-order valence-electron chi connectivity index (χ1n) is 9.88. The summed E-state index contributed by atoms with van der Waals surface area (Å²) in [5.74, 6) is 1.59. The van der Waals surface area contributed by atoms with Gasteiger partial charge in [-0.15, -0.1) is 0 Å². The molecule has 2 fully saturated rings. The molecular weight excluding hydrogens is 340 g/mol. The average Bonchev–Trinajstić information content (AvgIpc) is 3.25. The van der Waals surface area contributed by atoms with Crippen molar-refractivity contribution in [1.82, 2.24) is 15.1 Å². The van der Waals surface area contributed by atoms with E-state index in [-0.39, 0.29) is 5.92 Å². The highest BCUT2D eigenvalue weighted by Crippen LogP contribution is 2.56. The number of allylic oxidation sites excluding steroid dienone is 1. The number of rotatable bonds is 6. The van der Waals surface area contributed by atoms with Crippen molar-refractivity contribution in [3.63, 3.8) is 0 Å². The summed E-state index contributed by atoms with van der Waals surface area (Å²) in [4.78, 5) is 11.5. The van der Waals surface area contributed by atoms with Crippen LogP contribution in [-0.2, 0) is 7.05 Å². The lowest BCUT2D eigenvalue weighted by Crippen LogP contribution is -2.29. The summed E-state index contributed by atoms with van der Waals surface area (Å²) in [6, 6.07) is 0. The zero-order chi connectivity index (χ0) is 19.8. The lowest BCUT2D eigenvalue weighted by molar-refractivity contribution is 0.0781. The molecule has 4 N–H and O–H groups in total. The number of nitrogens with one attached hydrogen (secondary N) is 1. The van der Waals surface area contributed by atoms with E-state index < -0.39 is 5.60 Å². The monoisotopic (exact) mass is 372 g/mol. The number of nitrogens with two attached hydrogens (primary N) is 1. The maximum absolute atomic E-state index is 11.5. The first-order valence-corrected chi connectivity index (χ1v) is 9.88. The Labute approximate surface area is 161 Å². The Kier molecular flexibility index (Phi) is 5.47. The summed E-state index contributed by atoms with van der Waals surface area (Å²) in [6.45, 7) is 4.24. The quantitative estimate of drug-likeness (QED) is 0.527. The van der Waals surface area contributed by atoms with Crippen LogP contribution >= 0.6 is 0 Å². The molecule has 0 radical (unpaired) electrons. The third-order valence-electron chi connectivity index (χ3n) is 6.61. The van der Waals surface area contributed by atoms with Crippen molar-refractivity contribution >= 4 is 12.1 Å². The molecule has 2 aliphatic carbocycles. The summed E-state index contributed by atoms with van der Waals surface area (Å²) in [5.41, 5.74) is 8.89. The second-order valence-corrected chi connectivity index (χ2v) is 8.22. The van der Waals surface area contributed by atoms with Gasteiger partial charge in [0.05, 0.1) is 16.9 Å². The van der Waals surface area contributed by atoms with Crippen molar-refractivity contribution in [3.05, 3.63) is 34.7 Å². The molecule has 0 aliphatic heterocycles. The molecule has 6 nitrogen and oxygen atoms in total. The molecule has 0 amide bonds. The number of fused-ring (bicyclic) bond motifs is 1. The molecular formula is C21H32N4O2. The van der Waals surface area contributed by atoms with Gasteiger partial charge in [0.15, 0.2) is 6.29 Å². The molecule has 0 saturated heterocycles. The van der Waals surface area contributed by atoms with E-state index in [9.17, 15) is 9.90 Å². The molecule has 148 valence electrons. The summed E-state index contributed by atoms with van der Waals surface area (Å²) in [5, 5.41) is 19.0. The van der Waals surface area contributed by atoms with E-state index in [1.165, 1.54) is 5.57 Å². The molecule has 27 heavy (non-hydrogen) atoms. The van der Waals surface area contributed by atoms with E-state index in [0.29, 0.717) is 23.2 Å². The van der Waals surface area contributed by atoms with E-state index in [1.54, 1.807) is 11.7 Å². The number of anilines is 1. The van der Waals surface area contributed by atoms with Gasteiger partial charge in [-0.05, 0) is 68.7 Å². The summed E-state index contributed by atoms with van der Waals surface area (Å²) < 4.78 is 1.59. The largest absolute Gasteiger partial charge is 0.394 e. The fourth-order valence-electron chi connectivity index (χ4n) is 5.15. The molecule has 2 atom stereocenters. The highest BCUT2D eigenvalue weighted by Gasteiger charge is 2.51. The number of aliphatic hydroxyl groups is 1. The molecule has 2 aliphatic rings. The van der Waals surface area contributed by atoms with Gasteiger partial charge in [-0.3, -0.25) is 9.48 Å². The fraction of sp³-hybridized carbons (Fsp3) is 0.619. The highest BCUT2D eigenvalue weighted by atomic mass is 16.3. The Bertz CT molecular complexity index is 763. The van der Waals surface area contributed by atoms with E-state index in [0.717, 1.165) is 49.7 Å². The van der Waals surface area contributed by atoms with Crippen LogP contribution in [0.15, 0.2) is 23.4 Å². The number of nitrogens with zero attached hydrogens (tertiary/aromatic N) is 2. The Morgan fingerprint density at radius 2 is 2.04 bits per heavy atom. The fourth-order valence-corrected chi connectivity index (χ4v) is 5.15. The van der Waals surface area contributed by atoms with Gasteiger partial charge in [0.25, 0.3) is 0 Å². The van der Waals surface area contributed by atoms with Crippen molar-refractivity contribution in [1.29, 1.82) is 0 Å². The van der Waals surface area contributed by atoms with Crippen LogP contribution in [0.1, 0.15) is 67.9 Å². The van der Waals surface area contributed by atoms with Crippen LogP contribution in [0.4, 0.5) is 5.82 Å². The maximum atomic E-state index is 11.5. The third kappa shape index (κ3) is 3.43. The zero-order valence-corrected chi connectivity index (χ0v) is 16.8. The number of carbonyl (C=O) groups is 1. The van der Waals surface area contributed by atoms with Gasteiger partial charge in [0, 0.05) is 20.0 Å². The van der Waals surface area contributed by atoms with Crippen molar-refractivity contribution in [2.24, 2.45) is 18.9 Å². The van der Waals surface area contributed by atoms with Crippen LogP contribution in [-0.4, -0.2) is 33.8 Å². The Balaban J connectivity index is 1.80. The van der Waals surface area contributed by atoms with Crippen LogP contribution < -0.4 is 11.1 Å². The van der Waals surface area contributed by atoms with Gasteiger partial charge in [-0.2, -0.15) is 5.10 Å². The second-order valence-electron chi connectivity index (χ2n) is 8.22. The lowest BCUT2D eigenvalue weighted by atomic mass is 9.84. The van der Waals surface area contributed by atoms with E-state index in [4.69, 9.17) is 5.73 Å². The van der Waals surface area contributed by atoms with Gasteiger partial charge >= 0.3 is 0 Å². The minimum absolute atomic E-state index is 0.251. The van der Waals surface area contributed by atoms with Crippen LogP contribution in [0.5, 0.6) is 0 Å². The van der Waals surface area contributed by atoms with Crippen molar-refractivity contribution in [2.45, 2.75) is 57.5 Å². The predicted octanol–water partition coefficient (Wildman–Crippen LogP) is 2.91. The summed E-state index contributed by atoms with van der Waals surface area (Å²) in [6.07, 6.45) is 9.14. The molecule has 1 heterocycles. The van der Waals surface area contributed by atoms with E-state index >= 15 is 0 Å². The van der Waals surface area contributed by atoms with Crippen molar-refractivity contribution in [2.75, 3.05) is 12.8 Å². The number of carbonyl (C=O) groups excluding carboxylic acids is 1. The third-order valence-corrected chi connectivity index (χ3v) is 6.61. The normalized spacial score (nSPS) is 31.2. The van der Waals surface area contributed by atoms with Crippen LogP contribution in [0, 0.1) is 11.8 Å². The number of aryl methyl sites for hydroxylation is 1. The highest BCUT2D eigenvalue weighted by molar-refractivity contribution is 5.83. The van der Waals surface area contributed by atoms with Gasteiger partial charge < -0.3 is 16.2 Å². The van der Waals surface area contributed by atoms with Crippen LogP contribution in [0.2, 0.25) is 0 Å². The van der Waals surface area contributed by atoms with Crippen LogP contribution in [0.25, 0.3) is 0 Å². The maximum Gasteiger partial charge on any atom is 0.155 e. The van der Waals surface area contributed by atoms with E-state index in [1.807, 2.05) is 19.3 Å². The molecule has 3 rings (SSSR count). The number of nitrogen functional groups attached to an aromatic ring is 1. The number of aldehydes is 1. The Morgan fingerprint density at radius 3 is 2.56 bits per heavy atom. The number of hydrogen-bond donors (Lipinski definition) is 3. The molecule has 0 aromatic carbocycles. The van der Waals surface area contributed by atoms with E-state index in [2.05, 4.69) is 24.3 Å². The second kappa shape index (κ2) is 7.50.